The number of likely N-dealkylation sites (N-methyl/N-ethyl adjacent to an activating group) is 1. The van der Waals surface area contributed by atoms with E-state index in [0.717, 1.165) is 24.3 Å². The number of hydrogen-bond acceptors (Lipinski definition) is 4. The zero-order valence-corrected chi connectivity index (χ0v) is 13.0. The molecule has 1 N–H and O–H groups in total. The molecule has 1 aliphatic rings. The van der Waals surface area contributed by atoms with Crippen molar-refractivity contribution in [2.75, 3.05) is 33.9 Å². The number of morpholine rings is 1. The van der Waals surface area contributed by atoms with Crippen LogP contribution in [0.3, 0.4) is 0 Å². The Hall–Kier alpha value is -1.59. The maximum atomic E-state index is 12.4. The Labute approximate surface area is 126 Å². The summed E-state index contributed by atoms with van der Waals surface area (Å²) in [7, 11) is 3.50. The van der Waals surface area contributed by atoms with Crippen molar-refractivity contribution in [1.82, 2.24) is 10.2 Å². The number of nitrogens with one attached hydrogen (secondary N) is 1. The first-order valence-electron chi connectivity index (χ1n) is 7.35. The molecule has 1 aromatic carbocycles. The van der Waals surface area contributed by atoms with Crippen molar-refractivity contribution in [1.29, 1.82) is 0 Å². The lowest BCUT2D eigenvalue weighted by Crippen LogP contribution is -2.55. The number of ether oxygens (including phenoxy) is 2. The molecule has 1 amide bonds. The summed E-state index contributed by atoms with van der Waals surface area (Å²) in [6.07, 6.45) is 0.689. The molecule has 0 spiro atoms. The lowest BCUT2D eigenvalue weighted by Gasteiger charge is -2.32. The Kier molecular flexibility index (Phi) is 5.59. The molecule has 5 nitrogen and oxygen atoms in total. The van der Waals surface area contributed by atoms with Crippen LogP contribution in [0, 0.1) is 0 Å². The van der Waals surface area contributed by atoms with E-state index in [2.05, 4.69) is 5.32 Å². The maximum Gasteiger partial charge on any atom is 0.242 e. The Balaban J connectivity index is 1.91. The zero-order valence-electron chi connectivity index (χ0n) is 13.0. The molecule has 5 heteroatoms. The molecule has 1 aliphatic heterocycles. The summed E-state index contributed by atoms with van der Waals surface area (Å²) in [6.45, 7) is 3.98. The van der Waals surface area contributed by atoms with Gasteiger partial charge in [-0.2, -0.15) is 0 Å². The van der Waals surface area contributed by atoms with Gasteiger partial charge >= 0.3 is 0 Å². The van der Waals surface area contributed by atoms with Crippen LogP contribution in [-0.4, -0.2) is 56.8 Å². The van der Waals surface area contributed by atoms with Gasteiger partial charge < -0.3 is 19.7 Å². The molecule has 1 heterocycles. The molecule has 116 valence electrons. The average Bonchev–Trinajstić information content (AvgIpc) is 2.52. The SMILES string of the molecule is COc1ccccc1CCN(C)C(=O)[C@H]1NCCO[C@@H]1C. The average molecular weight is 292 g/mol. The highest BCUT2D eigenvalue weighted by molar-refractivity contribution is 5.82. The number of rotatable bonds is 5. The molecule has 1 aromatic rings. The summed E-state index contributed by atoms with van der Waals surface area (Å²) < 4.78 is 10.9. The van der Waals surface area contributed by atoms with Gasteiger partial charge in [0, 0.05) is 20.1 Å². The number of para-hydroxylation sites is 1. The van der Waals surface area contributed by atoms with Crippen LogP contribution >= 0.6 is 0 Å². The second kappa shape index (κ2) is 7.43. The van der Waals surface area contributed by atoms with Crippen LogP contribution < -0.4 is 10.1 Å². The molecule has 0 unspecified atom stereocenters. The minimum atomic E-state index is -0.249. The van der Waals surface area contributed by atoms with Gasteiger partial charge in [0.2, 0.25) is 5.91 Å². The molecule has 0 radical (unpaired) electrons. The van der Waals surface area contributed by atoms with Crippen LogP contribution in [0.1, 0.15) is 12.5 Å². The third-order valence-electron chi connectivity index (χ3n) is 3.87. The Morgan fingerprint density at radius 2 is 2.24 bits per heavy atom. The van der Waals surface area contributed by atoms with E-state index in [1.165, 1.54) is 0 Å². The number of nitrogens with zero attached hydrogens (tertiary/aromatic N) is 1. The van der Waals surface area contributed by atoms with E-state index >= 15 is 0 Å². The molecule has 0 saturated carbocycles. The highest BCUT2D eigenvalue weighted by atomic mass is 16.5. The van der Waals surface area contributed by atoms with Crippen LogP contribution in [0.5, 0.6) is 5.75 Å². The number of benzene rings is 1. The van der Waals surface area contributed by atoms with Crippen molar-refractivity contribution in [2.24, 2.45) is 0 Å². The summed E-state index contributed by atoms with van der Waals surface area (Å²) >= 11 is 0. The minimum absolute atomic E-state index is 0.0806. The maximum absolute atomic E-state index is 12.4. The van der Waals surface area contributed by atoms with Gasteiger partial charge in [-0.25, -0.2) is 0 Å². The van der Waals surface area contributed by atoms with E-state index < -0.39 is 0 Å². The van der Waals surface area contributed by atoms with Crippen molar-refractivity contribution in [3.63, 3.8) is 0 Å². The van der Waals surface area contributed by atoms with Crippen LogP contribution in [-0.2, 0) is 16.0 Å². The first-order chi connectivity index (χ1) is 10.1. The fourth-order valence-electron chi connectivity index (χ4n) is 2.55. The second-order valence-electron chi connectivity index (χ2n) is 5.33. The second-order valence-corrected chi connectivity index (χ2v) is 5.33. The predicted octanol–water partition coefficient (Wildman–Crippen LogP) is 1.07. The van der Waals surface area contributed by atoms with Gasteiger partial charge in [-0.15, -0.1) is 0 Å². The topological polar surface area (TPSA) is 50.8 Å². The van der Waals surface area contributed by atoms with Crippen molar-refractivity contribution in [3.05, 3.63) is 29.8 Å². The van der Waals surface area contributed by atoms with E-state index in [4.69, 9.17) is 9.47 Å². The van der Waals surface area contributed by atoms with E-state index in [1.807, 2.05) is 38.2 Å². The summed E-state index contributed by atoms with van der Waals surface area (Å²) in [4.78, 5) is 14.2. The molecular formula is C16H24N2O3. The molecule has 2 rings (SSSR count). The van der Waals surface area contributed by atoms with E-state index in [-0.39, 0.29) is 18.1 Å². The molecule has 0 bridgehead atoms. The van der Waals surface area contributed by atoms with E-state index in [1.54, 1.807) is 12.0 Å². The van der Waals surface area contributed by atoms with Gasteiger partial charge in [0.05, 0.1) is 19.8 Å². The van der Waals surface area contributed by atoms with Crippen molar-refractivity contribution < 1.29 is 14.3 Å². The van der Waals surface area contributed by atoms with E-state index in [9.17, 15) is 4.79 Å². The number of carbonyl (C=O) groups is 1. The molecule has 1 saturated heterocycles. The van der Waals surface area contributed by atoms with Crippen molar-refractivity contribution in [3.8, 4) is 5.75 Å². The standard InChI is InChI=1S/C16H24N2O3/c1-12-15(17-9-11-21-12)16(19)18(2)10-8-13-6-4-5-7-14(13)20-3/h4-7,12,15,17H,8-11H2,1-3H3/t12-,15+/m1/s1. The van der Waals surface area contributed by atoms with Gasteiger partial charge in [0.1, 0.15) is 11.8 Å². The third-order valence-corrected chi connectivity index (χ3v) is 3.87. The third kappa shape index (κ3) is 3.95. The number of carbonyl (C=O) groups excluding carboxylic acids is 1. The van der Waals surface area contributed by atoms with Crippen LogP contribution in [0.25, 0.3) is 0 Å². The lowest BCUT2D eigenvalue weighted by atomic mass is 10.1. The Morgan fingerprint density at radius 3 is 2.95 bits per heavy atom. The molecule has 21 heavy (non-hydrogen) atoms. The molecule has 0 aliphatic carbocycles. The lowest BCUT2D eigenvalue weighted by molar-refractivity contribution is -0.138. The summed E-state index contributed by atoms with van der Waals surface area (Å²) in [5.74, 6) is 0.947. The fourth-order valence-corrected chi connectivity index (χ4v) is 2.55. The predicted molar refractivity (Wildman–Crippen MR) is 81.5 cm³/mol. The quantitative estimate of drug-likeness (QED) is 0.882. The van der Waals surface area contributed by atoms with Crippen LogP contribution in [0.4, 0.5) is 0 Å². The van der Waals surface area contributed by atoms with Crippen molar-refractivity contribution >= 4 is 5.91 Å². The monoisotopic (exact) mass is 292 g/mol. The molecule has 1 fully saturated rings. The largest absolute Gasteiger partial charge is 0.496 e. The highest BCUT2D eigenvalue weighted by Gasteiger charge is 2.30. The molecular weight excluding hydrogens is 268 g/mol. The van der Waals surface area contributed by atoms with Gasteiger partial charge in [-0.1, -0.05) is 18.2 Å². The Bertz CT molecular complexity index is 478. The number of methoxy groups -OCH3 is 1. The van der Waals surface area contributed by atoms with Gasteiger partial charge in [0.15, 0.2) is 0 Å². The Morgan fingerprint density at radius 1 is 1.48 bits per heavy atom. The number of hydrogen-bond donors (Lipinski definition) is 1. The van der Waals surface area contributed by atoms with Gasteiger partial charge in [-0.05, 0) is 25.0 Å². The van der Waals surface area contributed by atoms with E-state index in [0.29, 0.717) is 13.2 Å². The van der Waals surface area contributed by atoms with Crippen molar-refractivity contribution in [2.45, 2.75) is 25.5 Å². The smallest absolute Gasteiger partial charge is 0.242 e. The first-order valence-corrected chi connectivity index (χ1v) is 7.35. The highest BCUT2D eigenvalue weighted by Crippen LogP contribution is 2.18. The summed E-state index contributed by atoms with van der Waals surface area (Å²) in [5, 5.41) is 3.23. The fraction of sp³-hybridized carbons (Fsp3) is 0.562. The molecule has 2 atom stereocenters. The minimum Gasteiger partial charge on any atom is -0.496 e. The van der Waals surface area contributed by atoms with Gasteiger partial charge in [-0.3, -0.25) is 4.79 Å². The first kappa shape index (κ1) is 15.8. The molecule has 0 aromatic heterocycles. The number of amides is 1. The zero-order chi connectivity index (χ0) is 15.2. The summed E-state index contributed by atoms with van der Waals surface area (Å²) in [5.41, 5.74) is 1.11. The summed E-state index contributed by atoms with van der Waals surface area (Å²) in [6, 6.07) is 7.65. The van der Waals surface area contributed by atoms with Crippen LogP contribution in [0.2, 0.25) is 0 Å². The van der Waals surface area contributed by atoms with Gasteiger partial charge in [0.25, 0.3) is 0 Å². The van der Waals surface area contributed by atoms with Crippen LogP contribution in [0.15, 0.2) is 24.3 Å². The normalized spacial score (nSPS) is 21.9.